The first-order valence-electron chi connectivity index (χ1n) is 12.2. The Morgan fingerprint density at radius 1 is 0.684 bits per heavy atom. The van der Waals surface area contributed by atoms with E-state index in [1.165, 1.54) is 11.1 Å². The summed E-state index contributed by atoms with van der Waals surface area (Å²) in [5, 5.41) is 7.00. The Bertz CT molecular complexity index is 1880. The summed E-state index contributed by atoms with van der Waals surface area (Å²) in [4.78, 5) is 20.4. The molecule has 0 amide bonds. The van der Waals surface area contributed by atoms with E-state index in [2.05, 4.69) is 112 Å². The summed E-state index contributed by atoms with van der Waals surface area (Å²) in [7, 11) is 0. The van der Waals surface area contributed by atoms with Crippen LogP contribution in [0.1, 0.15) is 25.0 Å². The highest BCUT2D eigenvalue weighted by Crippen LogP contribution is 2.57. The lowest BCUT2D eigenvalue weighted by Crippen LogP contribution is -2.30. The number of hydrogen-bond acceptors (Lipinski definition) is 7. The van der Waals surface area contributed by atoms with Gasteiger partial charge in [0.2, 0.25) is 11.6 Å². The number of nitrogens with zero attached hydrogens (tertiary/aromatic N) is 5. The lowest BCUT2D eigenvalue weighted by Gasteiger charge is -2.42. The topological polar surface area (TPSA) is 53.7 Å². The molecule has 1 aliphatic carbocycles. The molecule has 0 spiro atoms. The highest BCUT2D eigenvalue weighted by Gasteiger charge is 2.39. The predicted molar refractivity (Wildman–Crippen MR) is 160 cm³/mol. The minimum atomic E-state index is -0.154. The first-order valence-corrected chi connectivity index (χ1v) is 13.0. The van der Waals surface area contributed by atoms with Crippen LogP contribution in [0, 0.1) is 0 Å². The molecule has 180 valence electrons. The number of rotatable bonds is 3. The normalized spacial score (nSPS) is 13.7. The Morgan fingerprint density at radius 2 is 1.29 bits per heavy atom. The van der Waals surface area contributed by atoms with Crippen molar-refractivity contribution in [1.29, 1.82) is 0 Å². The Morgan fingerprint density at radius 3 is 1.92 bits per heavy atom. The number of isothiocyanates is 2. The molecule has 5 nitrogen and oxygen atoms in total. The van der Waals surface area contributed by atoms with Crippen molar-refractivity contribution in [2.45, 2.75) is 19.3 Å². The molecule has 2 heterocycles. The van der Waals surface area contributed by atoms with Crippen molar-refractivity contribution >= 4 is 74.2 Å². The standard InChI is InChI=1S/C31H19N5S2/c1-31(2)20-10-3-5-12-22(20)36(23-13-6-4-11-21(23)31)24-15-14-18-8-7-9-19-25(18)26(24)28-27(19)34-29(32-16-37)30(35-28)33-17-38/h3-15H,1-2H3. The average Bonchev–Trinajstić information content (AvgIpc) is 3.25. The van der Waals surface area contributed by atoms with E-state index < -0.39 is 0 Å². The van der Waals surface area contributed by atoms with Gasteiger partial charge in [-0.3, -0.25) is 0 Å². The Hall–Kier alpha value is -4.38. The molecular weight excluding hydrogens is 507 g/mol. The summed E-state index contributed by atoms with van der Waals surface area (Å²) >= 11 is 9.75. The fraction of sp³-hybridized carbons (Fsp3) is 0.0968. The van der Waals surface area contributed by atoms with Gasteiger partial charge in [0.25, 0.3) is 0 Å². The molecule has 0 saturated heterocycles. The Labute approximate surface area is 230 Å². The van der Waals surface area contributed by atoms with Gasteiger partial charge in [0, 0.05) is 21.9 Å². The molecular formula is C31H19N5S2. The summed E-state index contributed by atoms with van der Waals surface area (Å²) in [6.07, 6.45) is 0. The maximum absolute atomic E-state index is 4.93. The van der Waals surface area contributed by atoms with Gasteiger partial charge in [0.05, 0.1) is 33.1 Å². The molecule has 7 heteroatoms. The second kappa shape index (κ2) is 8.32. The number of hydrogen-bond donors (Lipinski definition) is 0. The van der Waals surface area contributed by atoms with Crippen LogP contribution >= 0.6 is 24.4 Å². The minimum absolute atomic E-state index is 0.154. The van der Waals surface area contributed by atoms with Crippen LogP contribution in [0.3, 0.4) is 0 Å². The van der Waals surface area contributed by atoms with E-state index in [-0.39, 0.29) is 17.1 Å². The molecule has 38 heavy (non-hydrogen) atoms. The number of para-hydroxylation sites is 2. The third-order valence-corrected chi connectivity index (χ3v) is 7.74. The van der Waals surface area contributed by atoms with Crippen LogP contribution < -0.4 is 4.90 Å². The molecule has 5 aromatic rings. The van der Waals surface area contributed by atoms with Crippen molar-refractivity contribution < 1.29 is 0 Å². The molecule has 0 unspecified atom stereocenters. The SMILES string of the molecule is CC1(C)c2ccccc2N(c2ccc3cccc4c3c2-c2nc(N=C=S)c(N=C=S)nc2-4)c2ccccc21. The van der Waals surface area contributed by atoms with Gasteiger partial charge in [-0.1, -0.05) is 74.5 Å². The maximum atomic E-state index is 4.93. The Kier molecular flexibility index (Phi) is 4.99. The number of anilines is 3. The molecule has 0 fully saturated rings. The van der Waals surface area contributed by atoms with E-state index in [9.17, 15) is 0 Å². The van der Waals surface area contributed by atoms with E-state index in [0.29, 0.717) is 0 Å². The van der Waals surface area contributed by atoms with Gasteiger partial charge < -0.3 is 4.90 Å². The van der Waals surface area contributed by atoms with Crippen LogP contribution in [-0.4, -0.2) is 20.3 Å². The quantitative estimate of drug-likeness (QED) is 0.171. The molecule has 1 aromatic heterocycles. The van der Waals surface area contributed by atoms with E-state index in [1.54, 1.807) is 0 Å². The Balaban J connectivity index is 1.60. The van der Waals surface area contributed by atoms with Crippen LogP contribution in [0.4, 0.5) is 28.7 Å². The van der Waals surface area contributed by atoms with Gasteiger partial charge >= 0.3 is 0 Å². The van der Waals surface area contributed by atoms with Gasteiger partial charge in [-0.25, -0.2) is 9.97 Å². The van der Waals surface area contributed by atoms with Crippen molar-refractivity contribution in [3.05, 3.63) is 90.0 Å². The largest absolute Gasteiger partial charge is 0.309 e. The smallest absolute Gasteiger partial charge is 0.209 e. The molecule has 0 atom stereocenters. The monoisotopic (exact) mass is 525 g/mol. The number of fused-ring (bicyclic) bond motifs is 5. The fourth-order valence-corrected chi connectivity index (χ4v) is 6.11. The molecule has 2 aliphatic rings. The van der Waals surface area contributed by atoms with Crippen LogP contribution in [0.2, 0.25) is 0 Å². The molecule has 0 saturated carbocycles. The number of aromatic nitrogens is 2. The molecule has 0 N–H and O–H groups in total. The third kappa shape index (κ3) is 3.05. The molecule has 0 bridgehead atoms. The number of aliphatic imine (C=N–C) groups is 2. The van der Waals surface area contributed by atoms with Gasteiger partial charge in [-0.15, -0.1) is 0 Å². The van der Waals surface area contributed by atoms with Crippen molar-refractivity contribution in [1.82, 2.24) is 9.97 Å². The van der Waals surface area contributed by atoms with E-state index in [4.69, 9.17) is 34.4 Å². The fourth-order valence-electron chi connectivity index (χ4n) is 5.94. The highest BCUT2D eigenvalue weighted by atomic mass is 32.1. The average molecular weight is 526 g/mol. The summed E-state index contributed by atoms with van der Waals surface area (Å²) in [6, 6.07) is 27.8. The predicted octanol–water partition coefficient (Wildman–Crippen LogP) is 8.85. The van der Waals surface area contributed by atoms with Crippen molar-refractivity contribution in [3.8, 4) is 22.5 Å². The van der Waals surface area contributed by atoms with Gasteiger partial charge in [-0.05, 0) is 59.1 Å². The summed E-state index contributed by atoms with van der Waals surface area (Å²) < 4.78 is 0. The zero-order valence-electron chi connectivity index (χ0n) is 20.6. The zero-order valence-corrected chi connectivity index (χ0v) is 22.2. The zero-order chi connectivity index (χ0) is 26.0. The molecule has 7 rings (SSSR count). The maximum Gasteiger partial charge on any atom is 0.209 e. The van der Waals surface area contributed by atoms with E-state index in [0.717, 1.165) is 50.3 Å². The minimum Gasteiger partial charge on any atom is -0.309 e. The number of benzene rings is 4. The van der Waals surface area contributed by atoms with Crippen molar-refractivity contribution in [3.63, 3.8) is 0 Å². The number of thiocarbonyl (C=S) groups is 2. The van der Waals surface area contributed by atoms with Crippen LogP contribution in [0.25, 0.3) is 33.3 Å². The van der Waals surface area contributed by atoms with Gasteiger partial charge in [0.15, 0.2) is 0 Å². The lowest BCUT2D eigenvalue weighted by atomic mass is 9.73. The first-order chi connectivity index (χ1) is 18.5. The second-order valence-electron chi connectivity index (χ2n) is 9.83. The highest BCUT2D eigenvalue weighted by molar-refractivity contribution is 7.78. The van der Waals surface area contributed by atoms with Crippen molar-refractivity contribution in [2.75, 3.05) is 4.90 Å². The van der Waals surface area contributed by atoms with Crippen LogP contribution in [-0.2, 0) is 5.41 Å². The van der Waals surface area contributed by atoms with Crippen LogP contribution in [0.15, 0.2) is 88.8 Å². The van der Waals surface area contributed by atoms with Crippen LogP contribution in [0.5, 0.6) is 0 Å². The molecule has 4 aromatic carbocycles. The van der Waals surface area contributed by atoms with Gasteiger partial charge in [0.1, 0.15) is 5.69 Å². The lowest BCUT2D eigenvalue weighted by molar-refractivity contribution is 0.632. The van der Waals surface area contributed by atoms with Crippen molar-refractivity contribution in [2.24, 2.45) is 9.98 Å². The van der Waals surface area contributed by atoms with E-state index >= 15 is 0 Å². The summed E-state index contributed by atoms with van der Waals surface area (Å²) in [5.74, 6) is 0.547. The third-order valence-electron chi connectivity index (χ3n) is 7.56. The summed E-state index contributed by atoms with van der Waals surface area (Å²) in [6.45, 7) is 4.57. The summed E-state index contributed by atoms with van der Waals surface area (Å²) in [5.41, 5.74) is 9.16. The first kappa shape index (κ1) is 22.8. The van der Waals surface area contributed by atoms with E-state index in [1.807, 2.05) is 6.07 Å². The molecule has 0 radical (unpaired) electrons. The van der Waals surface area contributed by atoms with Gasteiger partial charge in [-0.2, -0.15) is 9.98 Å². The second-order valence-corrected chi connectivity index (χ2v) is 10.2. The molecule has 1 aliphatic heterocycles.